The van der Waals surface area contributed by atoms with Gasteiger partial charge in [0.2, 0.25) is 0 Å². The zero-order valence-electron chi connectivity index (χ0n) is 17.1. The third-order valence-electron chi connectivity index (χ3n) is 6.08. The third kappa shape index (κ3) is 3.55. The normalized spacial score (nSPS) is 20.3. The van der Waals surface area contributed by atoms with E-state index in [0.29, 0.717) is 51.1 Å². The molecule has 1 unspecified atom stereocenters. The van der Waals surface area contributed by atoms with Crippen LogP contribution in [0.15, 0.2) is 42.7 Å². The van der Waals surface area contributed by atoms with Crippen LogP contribution in [0, 0.1) is 0 Å². The average molecular weight is 396 g/mol. The van der Waals surface area contributed by atoms with Gasteiger partial charge in [0.15, 0.2) is 6.10 Å². The molecule has 2 aromatic rings. The number of piperidine rings is 1. The number of aromatic nitrogens is 2. The summed E-state index contributed by atoms with van der Waals surface area (Å²) in [4.78, 5) is 34.0. The molecule has 2 aliphatic rings. The lowest BCUT2D eigenvalue weighted by Gasteiger charge is -2.46. The molecule has 0 saturated carbocycles. The Bertz CT molecular complexity index is 867. The number of imidazole rings is 1. The lowest BCUT2D eigenvalue weighted by molar-refractivity contribution is -0.179. The van der Waals surface area contributed by atoms with Gasteiger partial charge in [0.1, 0.15) is 11.4 Å². The molecule has 1 aromatic carbocycles. The number of carbonyl (C=O) groups is 2. The maximum absolute atomic E-state index is 13.0. The summed E-state index contributed by atoms with van der Waals surface area (Å²) in [6.07, 6.45) is 4.43. The molecule has 3 heterocycles. The number of hydrogen-bond acceptors (Lipinski definition) is 4. The Balaban J connectivity index is 1.53. The van der Waals surface area contributed by atoms with Gasteiger partial charge < -0.3 is 19.1 Å². The molecule has 29 heavy (non-hydrogen) atoms. The predicted molar refractivity (Wildman–Crippen MR) is 108 cm³/mol. The van der Waals surface area contributed by atoms with Crippen LogP contribution in [0.2, 0.25) is 0 Å². The van der Waals surface area contributed by atoms with E-state index in [9.17, 15) is 9.59 Å². The standard InChI is InChI=1S/C22H28N4O3/c1-3-24(4-2)20(28)18-16-26-15-12-23-21(26)22(29-18)10-13-25(14-11-22)19(27)17-8-6-5-7-9-17/h5-9,12,15,18H,3-4,10-11,13-14,16H2,1-2H3. The van der Waals surface area contributed by atoms with Crippen LogP contribution in [0.5, 0.6) is 0 Å². The first kappa shape index (κ1) is 19.6. The van der Waals surface area contributed by atoms with Crippen LogP contribution in [0.1, 0.15) is 42.9 Å². The van der Waals surface area contributed by atoms with Crippen molar-refractivity contribution in [3.05, 3.63) is 54.1 Å². The summed E-state index contributed by atoms with van der Waals surface area (Å²) in [5.41, 5.74) is 0.0759. The summed E-state index contributed by atoms with van der Waals surface area (Å²) < 4.78 is 8.51. The molecule has 1 atom stereocenters. The number of benzene rings is 1. The van der Waals surface area contributed by atoms with Gasteiger partial charge in [0.25, 0.3) is 11.8 Å². The van der Waals surface area contributed by atoms with Crippen LogP contribution in [0.3, 0.4) is 0 Å². The smallest absolute Gasteiger partial charge is 0.253 e. The fourth-order valence-electron chi connectivity index (χ4n) is 4.44. The number of carbonyl (C=O) groups excluding carboxylic acids is 2. The molecule has 2 amide bonds. The molecule has 1 saturated heterocycles. The minimum atomic E-state index is -0.622. The van der Waals surface area contributed by atoms with Crippen LogP contribution in [-0.4, -0.2) is 63.4 Å². The summed E-state index contributed by atoms with van der Waals surface area (Å²) in [7, 11) is 0. The SMILES string of the molecule is CCN(CC)C(=O)C1Cn2ccnc2C2(CCN(C(=O)c3ccccc3)CC2)O1. The van der Waals surface area contributed by atoms with E-state index in [1.165, 1.54) is 0 Å². The van der Waals surface area contributed by atoms with Crippen molar-refractivity contribution in [3.63, 3.8) is 0 Å². The maximum atomic E-state index is 13.0. The Morgan fingerprint density at radius 2 is 1.86 bits per heavy atom. The number of hydrogen-bond donors (Lipinski definition) is 0. The molecule has 2 aliphatic heterocycles. The molecule has 0 radical (unpaired) electrons. The van der Waals surface area contributed by atoms with Crippen molar-refractivity contribution in [2.45, 2.75) is 44.9 Å². The van der Waals surface area contributed by atoms with Crippen molar-refractivity contribution in [1.29, 1.82) is 0 Å². The highest BCUT2D eigenvalue weighted by Crippen LogP contribution is 2.40. The highest BCUT2D eigenvalue weighted by Gasteiger charge is 2.48. The molecular weight excluding hydrogens is 368 g/mol. The molecular formula is C22H28N4O3. The van der Waals surface area contributed by atoms with E-state index in [1.54, 1.807) is 6.20 Å². The second-order valence-electron chi connectivity index (χ2n) is 7.67. The number of fused-ring (bicyclic) bond motifs is 2. The first-order chi connectivity index (χ1) is 14.1. The summed E-state index contributed by atoms with van der Waals surface area (Å²) in [6, 6.07) is 9.35. The number of ether oxygens (including phenoxy) is 1. The zero-order chi connectivity index (χ0) is 20.4. The largest absolute Gasteiger partial charge is 0.352 e. The molecule has 154 valence electrons. The van der Waals surface area contributed by atoms with Crippen LogP contribution in [0.25, 0.3) is 0 Å². The van der Waals surface area contributed by atoms with Crippen molar-refractivity contribution < 1.29 is 14.3 Å². The Morgan fingerprint density at radius 1 is 1.17 bits per heavy atom. The quantitative estimate of drug-likeness (QED) is 0.795. The zero-order valence-corrected chi connectivity index (χ0v) is 17.1. The molecule has 0 N–H and O–H groups in total. The molecule has 0 aliphatic carbocycles. The van der Waals surface area contributed by atoms with Gasteiger partial charge in [-0.25, -0.2) is 4.98 Å². The van der Waals surface area contributed by atoms with Gasteiger partial charge in [-0.3, -0.25) is 9.59 Å². The van der Waals surface area contributed by atoms with Gasteiger partial charge in [0, 0.05) is 57.0 Å². The molecule has 7 nitrogen and oxygen atoms in total. The fourth-order valence-corrected chi connectivity index (χ4v) is 4.44. The van der Waals surface area contributed by atoms with Crippen LogP contribution in [0.4, 0.5) is 0 Å². The van der Waals surface area contributed by atoms with Gasteiger partial charge in [-0.15, -0.1) is 0 Å². The van der Waals surface area contributed by atoms with Crippen molar-refractivity contribution in [2.24, 2.45) is 0 Å². The van der Waals surface area contributed by atoms with E-state index in [2.05, 4.69) is 4.98 Å². The fraction of sp³-hybridized carbons (Fsp3) is 0.500. The monoisotopic (exact) mass is 396 g/mol. The Hall–Kier alpha value is -2.67. The Kier molecular flexibility index (Phi) is 5.41. The van der Waals surface area contributed by atoms with E-state index < -0.39 is 11.7 Å². The molecule has 4 rings (SSSR count). The van der Waals surface area contributed by atoms with Crippen LogP contribution in [-0.2, 0) is 21.7 Å². The Labute approximate surface area is 171 Å². The van der Waals surface area contributed by atoms with Crippen molar-refractivity contribution in [1.82, 2.24) is 19.4 Å². The van der Waals surface area contributed by atoms with E-state index >= 15 is 0 Å². The number of likely N-dealkylation sites (tertiary alicyclic amines) is 1. The summed E-state index contributed by atoms with van der Waals surface area (Å²) in [5, 5.41) is 0. The number of likely N-dealkylation sites (N-methyl/N-ethyl adjacent to an activating group) is 1. The molecule has 1 spiro atoms. The Morgan fingerprint density at radius 3 is 2.52 bits per heavy atom. The molecule has 1 fully saturated rings. The molecule has 0 bridgehead atoms. The van der Waals surface area contributed by atoms with E-state index in [1.807, 2.05) is 64.7 Å². The van der Waals surface area contributed by atoms with Crippen molar-refractivity contribution >= 4 is 11.8 Å². The lowest BCUT2D eigenvalue weighted by Crippen LogP contribution is -2.55. The summed E-state index contributed by atoms with van der Waals surface area (Å²) in [5.74, 6) is 0.930. The van der Waals surface area contributed by atoms with Gasteiger partial charge in [-0.05, 0) is 26.0 Å². The average Bonchev–Trinajstić information content (AvgIpc) is 3.25. The first-order valence-electron chi connectivity index (χ1n) is 10.4. The minimum absolute atomic E-state index is 0.0246. The van der Waals surface area contributed by atoms with Crippen molar-refractivity contribution in [2.75, 3.05) is 26.2 Å². The minimum Gasteiger partial charge on any atom is -0.352 e. The van der Waals surface area contributed by atoms with E-state index in [4.69, 9.17) is 4.74 Å². The van der Waals surface area contributed by atoms with Crippen LogP contribution >= 0.6 is 0 Å². The van der Waals surface area contributed by atoms with Crippen molar-refractivity contribution in [3.8, 4) is 0 Å². The van der Waals surface area contributed by atoms with Crippen LogP contribution < -0.4 is 0 Å². The van der Waals surface area contributed by atoms with E-state index in [-0.39, 0.29) is 11.8 Å². The van der Waals surface area contributed by atoms with Gasteiger partial charge in [-0.2, -0.15) is 0 Å². The highest BCUT2D eigenvalue weighted by atomic mass is 16.5. The second-order valence-corrected chi connectivity index (χ2v) is 7.67. The summed E-state index contributed by atoms with van der Waals surface area (Å²) >= 11 is 0. The molecule has 7 heteroatoms. The highest BCUT2D eigenvalue weighted by molar-refractivity contribution is 5.94. The number of rotatable bonds is 4. The second kappa shape index (κ2) is 7.99. The molecule has 1 aromatic heterocycles. The van der Waals surface area contributed by atoms with Gasteiger partial charge in [-0.1, -0.05) is 18.2 Å². The maximum Gasteiger partial charge on any atom is 0.253 e. The number of amides is 2. The summed E-state index contributed by atoms with van der Waals surface area (Å²) in [6.45, 7) is 6.93. The number of nitrogens with zero attached hydrogens (tertiary/aromatic N) is 4. The first-order valence-corrected chi connectivity index (χ1v) is 10.4. The third-order valence-corrected chi connectivity index (χ3v) is 6.08. The predicted octanol–water partition coefficient (Wildman–Crippen LogP) is 2.28. The lowest BCUT2D eigenvalue weighted by atomic mass is 9.88. The van der Waals surface area contributed by atoms with Gasteiger partial charge in [0.05, 0.1) is 6.54 Å². The van der Waals surface area contributed by atoms with E-state index in [0.717, 1.165) is 5.82 Å². The van der Waals surface area contributed by atoms with Gasteiger partial charge >= 0.3 is 0 Å². The topological polar surface area (TPSA) is 67.7 Å².